The van der Waals surface area contributed by atoms with Crippen LogP contribution in [0.15, 0.2) is 72.8 Å². The number of hydrogen-bond donors (Lipinski definition) is 2. The number of rotatable bonds is 6. The molecule has 3 aromatic carbocycles. The Morgan fingerprint density at radius 2 is 1.56 bits per heavy atom. The summed E-state index contributed by atoms with van der Waals surface area (Å²) in [5.74, 6) is -0.177. The molecule has 1 amide bonds. The average Bonchev–Trinajstić information content (AvgIpc) is 3.38. The Morgan fingerprint density at radius 1 is 0.941 bits per heavy atom. The first-order chi connectivity index (χ1) is 16.5. The van der Waals surface area contributed by atoms with Gasteiger partial charge in [0.25, 0.3) is 0 Å². The number of ether oxygens (including phenoxy) is 1. The molecule has 0 fully saturated rings. The van der Waals surface area contributed by atoms with E-state index in [1.807, 2.05) is 24.3 Å². The van der Waals surface area contributed by atoms with Crippen molar-refractivity contribution in [2.45, 2.75) is 19.4 Å². The van der Waals surface area contributed by atoms with E-state index in [1.54, 1.807) is 29.7 Å². The van der Waals surface area contributed by atoms with Gasteiger partial charge in [0, 0.05) is 5.92 Å². The number of amides is 1. The zero-order valence-electron chi connectivity index (χ0n) is 18.4. The van der Waals surface area contributed by atoms with Crippen molar-refractivity contribution in [1.82, 2.24) is 20.1 Å². The lowest BCUT2D eigenvalue weighted by atomic mass is 9.98. The molecule has 0 spiro atoms. The summed E-state index contributed by atoms with van der Waals surface area (Å²) < 4.78 is 7.19. The summed E-state index contributed by atoms with van der Waals surface area (Å²) in [5, 5.41) is 20.4. The van der Waals surface area contributed by atoms with Crippen LogP contribution in [0.25, 0.3) is 16.8 Å². The fourth-order valence-electron chi connectivity index (χ4n) is 4.48. The Labute approximate surface area is 195 Å². The normalized spacial score (nSPS) is 12.1. The van der Waals surface area contributed by atoms with E-state index in [-0.39, 0.29) is 24.6 Å². The van der Waals surface area contributed by atoms with E-state index in [0.717, 1.165) is 22.3 Å². The van der Waals surface area contributed by atoms with Crippen LogP contribution in [0, 0.1) is 6.92 Å². The lowest BCUT2D eigenvalue weighted by Gasteiger charge is -2.15. The fourth-order valence-corrected chi connectivity index (χ4v) is 4.48. The number of carbonyl (C=O) groups is 2. The van der Waals surface area contributed by atoms with Crippen molar-refractivity contribution < 1.29 is 19.4 Å². The van der Waals surface area contributed by atoms with Gasteiger partial charge in [-0.15, -0.1) is 10.2 Å². The van der Waals surface area contributed by atoms with Gasteiger partial charge in [0.1, 0.15) is 12.4 Å². The predicted molar refractivity (Wildman–Crippen MR) is 125 cm³/mol. The number of aryl methyl sites for hydroxylation is 1. The Kier molecular flexibility index (Phi) is 5.55. The fraction of sp³-hybridized carbons (Fsp3) is 0.154. The van der Waals surface area contributed by atoms with Gasteiger partial charge in [0.15, 0.2) is 5.82 Å². The van der Waals surface area contributed by atoms with Crippen LogP contribution >= 0.6 is 0 Å². The molecule has 1 aromatic heterocycles. The lowest BCUT2D eigenvalue weighted by molar-refractivity contribution is 0.0696. The minimum Gasteiger partial charge on any atom is -0.478 e. The highest BCUT2D eigenvalue weighted by Gasteiger charge is 2.29. The largest absolute Gasteiger partial charge is 0.478 e. The smallest absolute Gasteiger partial charge is 0.407 e. The maximum atomic E-state index is 12.5. The summed E-state index contributed by atoms with van der Waals surface area (Å²) in [6.07, 6.45) is -0.583. The van der Waals surface area contributed by atoms with Gasteiger partial charge < -0.3 is 15.2 Å². The Bertz CT molecular complexity index is 1350. The second kappa shape index (κ2) is 8.82. The number of carbonyl (C=O) groups excluding carboxylic acids is 1. The molecule has 34 heavy (non-hydrogen) atoms. The molecule has 8 heteroatoms. The summed E-state index contributed by atoms with van der Waals surface area (Å²) in [6.45, 7) is 1.96. The van der Waals surface area contributed by atoms with Gasteiger partial charge in [-0.25, -0.2) is 9.59 Å². The number of carboxylic acid groups (broad SMARTS) is 1. The van der Waals surface area contributed by atoms with Crippen LogP contribution in [0.2, 0.25) is 0 Å². The number of aromatic nitrogens is 3. The molecule has 1 aliphatic rings. The van der Waals surface area contributed by atoms with Gasteiger partial charge in [-0.1, -0.05) is 60.7 Å². The van der Waals surface area contributed by atoms with Gasteiger partial charge in [-0.2, -0.15) is 0 Å². The molecule has 5 rings (SSSR count). The minimum atomic E-state index is -1.06. The number of aromatic carboxylic acids is 1. The van der Waals surface area contributed by atoms with Crippen LogP contribution in [0.3, 0.4) is 0 Å². The second-order valence-corrected chi connectivity index (χ2v) is 8.00. The number of benzene rings is 3. The summed E-state index contributed by atoms with van der Waals surface area (Å²) >= 11 is 0. The van der Waals surface area contributed by atoms with Gasteiger partial charge in [0.05, 0.1) is 17.8 Å². The third kappa shape index (κ3) is 3.79. The molecule has 8 nitrogen and oxygen atoms in total. The molecule has 170 valence electrons. The highest BCUT2D eigenvalue weighted by atomic mass is 16.5. The number of nitrogens with zero attached hydrogens (tertiary/aromatic N) is 3. The van der Waals surface area contributed by atoms with Crippen LogP contribution in [0.1, 0.15) is 39.1 Å². The molecule has 0 saturated carbocycles. The van der Waals surface area contributed by atoms with E-state index in [4.69, 9.17) is 4.74 Å². The van der Waals surface area contributed by atoms with Crippen molar-refractivity contribution in [2.24, 2.45) is 0 Å². The lowest BCUT2D eigenvalue weighted by Crippen LogP contribution is -2.27. The maximum absolute atomic E-state index is 12.5. The zero-order valence-corrected chi connectivity index (χ0v) is 18.4. The van der Waals surface area contributed by atoms with E-state index in [2.05, 4.69) is 39.8 Å². The average molecular weight is 454 g/mol. The molecule has 0 aliphatic heterocycles. The molecule has 0 unspecified atom stereocenters. The van der Waals surface area contributed by atoms with Crippen molar-refractivity contribution in [1.29, 1.82) is 0 Å². The van der Waals surface area contributed by atoms with E-state index < -0.39 is 12.1 Å². The second-order valence-electron chi connectivity index (χ2n) is 8.00. The number of para-hydroxylation sites is 1. The Balaban J connectivity index is 1.29. The van der Waals surface area contributed by atoms with Crippen molar-refractivity contribution in [3.05, 3.63) is 101 Å². The van der Waals surface area contributed by atoms with Crippen LogP contribution in [0.5, 0.6) is 0 Å². The first-order valence-electron chi connectivity index (χ1n) is 10.9. The number of nitrogens with one attached hydrogen (secondary N) is 1. The third-order valence-corrected chi connectivity index (χ3v) is 6.00. The molecular formula is C26H22N4O4. The van der Waals surface area contributed by atoms with Crippen LogP contribution < -0.4 is 5.32 Å². The first-order valence-corrected chi connectivity index (χ1v) is 10.9. The van der Waals surface area contributed by atoms with Crippen molar-refractivity contribution in [3.8, 4) is 16.8 Å². The van der Waals surface area contributed by atoms with Gasteiger partial charge in [0.2, 0.25) is 0 Å². The summed E-state index contributed by atoms with van der Waals surface area (Å²) in [5.41, 5.74) is 5.14. The van der Waals surface area contributed by atoms with Crippen LogP contribution in [0.4, 0.5) is 4.79 Å². The molecule has 0 atom stereocenters. The van der Waals surface area contributed by atoms with Crippen molar-refractivity contribution in [3.63, 3.8) is 0 Å². The molecular weight excluding hydrogens is 432 g/mol. The summed E-state index contributed by atoms with van der Waals surface area (Å²) in [7, 11) is 0. The number of carboxylic acids is 1. The van der Waals surface area contributed by atoms with Crippen molar-refractivity contribution >= 4 is 12.1 Å². The highest BCUT2D eigenvalue weighted by Crippen LogP contribution is 2.44. The standard InChI is InChI=1S/C26H22N4O4/c1-16-28-29-24(30(16)23-13-7-6-12-21(23)25(31)32)14-27-26(33)34-15-22-19-10-4-2-8-17(19)18-9-3-5-11-20(18)22/h2-13,22H,14-15H2,1H3,(H,27,33)(H,31,32). The number of hydrogen-bond acceptors (Lipinski definition) is 5. The number of fused-ring (bicyclic) bond motifs is 3. The zero-order chi connectivity index (χ0) is 23.7. The van der Waals surface area contributed by atoms with E-state index in [9.17, 15) is 14.7 Å². The molecule has 1 heterocycles. The molecule has 1 aliphatic carbocycles. The Hall–Kier alpha value is -4.46. The van der Waals surface area contributed by atoms with Crippen molar-refractivity contribution in [2.75, 3.05) is 6.61 Å². The third-order valence-electron chi connectivity index (χ3n) is 6.00. The highest BCUT2D eigenvalue weighted by molar-refractivity contribution is 5.92. The minimum absolute atomic E-state index is 0.0332. The SMILES string of the molecule is Cc1nnc(CNC(=O)OCC2c3ccccc3-c3ccccc32)n1-c1ccccc1C(=O)O. The van der Waals surface area contributed by atoms with Crippen LogP contribution in [-0.2, 0) is 11.3 Å². The van der Waals surface area contributed by atoms with Crippen LogP contribution in [-0.4, -0.2) is 38.5 Å². The maximum Gasteiger partial charge on any atom is 0.407 e. The molecule has 0 bridgehead atoms. The monoisotopic (exact) mass is 454 g/mol. The van der Waals surface area contributed by atoms with Gasteiger partial charge >= 0.3 is 12.1 Å². The first kappa shape index (κ1) is 21.4. The van der Waals surface area contributed by atoms with E-state index in [1.165, 1.54) is 6.07 Å². The van der Waals surface area contributed by atoms with E-state index >= 15 is 0 Å². The summed E-state index contributed by atoms with van der Waals surface area (Å²) in [6, 6.07) is 22.9. The topological polar surface area (TPSA) is 106 Å². The van der Waals surface area contributed by atoms with Gasteiger partial charge in [-0.05, 0) is 41.3 Å². The molecule has 0 saturated heterocycles. The number of alkyl carbamates (subject to hydrolysis) is 1. The molecule has 0 radical (unpaired) electrons. The quantitative estimate of drug-likeness (QED) is 0.450. The van der Waals surface area contributed by atoms with Gasteiger partial charge in [-0.3, -0.25) is 4.57 Å². The Morgan fingerprint density at radius 3 is 2.24 bits per heavy atom. The summed E-state index contributed by atoms with van der Waals surface area (Å²) in [4.78, 5) is 24.2. The predicted octanol–water partition coefficient (Wildman–Crippen LogP) is 4.31. The molecule has 2 N–H and O–H groups in total. The molecule has 4 aromatic rings. The van der Waals surface area contributed by atoms with E-state index in [0.29, 0.717) is 17.3 Å².